The van der Waals surface area contributed by atoms with E-state index >= 15 is 0 Å². The van der Waals surface area contributed by atoms with E-state index in [2.05, 4.69) is 28.2 Å². The maximum absolute atomic E-state index is 5.84. The van der Waals surface area contributed by atoms with Crippen LogP contribution in [0.3, 0.4) is 0 Å². The van der Waals surface area contributed by atoms with Crippen molar-refractivity contribution < 1.29 is 0 Å². The monoisotopic (exact) mass is 226 g/mol. The lowest BCUT2D eigenvalue weighted by Crippen LogP contribution is -2.21. The molecule has 1 heterocycles. The van der Waals surface area contributed by atoms with E-state index in [4.69, 9.17) is 11.5 Å². The summed E-state index contributed by atoms with van der Waals surface area (Å²) < 4.78 is 0. The Morgan fingerprint density at radius 2 is 2.12 bits per heavy atom. The summed E-state index contributed by atoms with van der Waals surface area (Å²) in [6, 6.07) is 8.37. The number of aromatic nitrogens is 2. The largest absolute Gasteiger partial charge is 0.383 e. The molecule has 1 aromatic carbocycles. The van der Waals surface area contributed by atoms with Crippen molar-refractivity contribution in [3.05, 3.63) is 53.0 Å². The first kappa shape index (κ1) is 10.2. The Hall–Kier alpha value is -1.94. The van der Waals surface area contributed by atoms with Gasteiger partial charge in [0, 0.05) is 24.2 Å². The maximum Gasteiger partial charge on any atom is 0.138 e. The summed E-state index contributed by atoms with van der Waals surface area (Å²) in [4.78, 5) is 8.71. The molecule has 4 nitrogen and oxygen atoms in total. The third-order valence-electron chi connectivity index (χ3n) is 3.30. The molecular formula is C13H14N4. The molecule has 1 atom stereocenters. The molecule has 0 spiro atoms. The van der Waals surface area contributed by atoms with E-state index in [0.717, 1.165) is 17.8 Å². The number of hydrogen-bond donors (Lipinski definition) is 2. The number of anilines is 1. The Balaban J connectivity index is 1.95. The molecular weight excluding hydrogens is 212 g/mol. The van der Waals surface area contributed by atoms with Gasteiger partial charge in [-0.15, -0.1) is 0 Å². The third-order valence-corrected chi connectivity index (χ3v) is 3.30. The molecule has 0 saturated carbocycles. The van der Waals surface area contributed by atoms with E-state index in [9.17, 15) is 0 Å². The van der Waals surface area contributed by atoms with E-state index in [1.54, 1.807) is 6.20 Å². The summed E-state index contributed by atoms with van der Waals surface area (Å²) in [5.41, 5.74) is 14.9. The van der Waals surface area contributed by atoms with Crippen molar-refractivity contribution >= 4 is 5.82 Å². The van der Waals surface area contributed by atoms with Crippen LogP contribution < -0.4 is 11.5 Å². The summed E-state index contributed by atoms with van der Waals surface area (Å²) in [5, 5.41) is 0. The van der Waals surface area contributed by atoms with Gasteiger partial charge in [-0.2, -0.15) is 0 Å². The van der Waals surface area contributed by atoms with Crippen molar-refractivity contribution in [2.75, 3.05) is 5.73 Å². The number of rotatable bonds is 2. The fourth-order valence-corrected chi connectivity index (χ4v) is 2.25. The van der Waals surface area contributed by atoms with Crippen LogP contribution in [0.5, 0.6) is 0 Å². The number of nitrogens with zero attached hydrogens (tertiary/aromatic N) is 2. The molecule has 0 radical (unpaired) electrons. The molecule has 4 N–H and O–H groups in total. The average molecular weight is 226 g/mol. The molecule has 1 aromatic heterocycles. The van der Waals surface area contributed by atoms with E-state index in [1.807, 2.05) is 6.07 Å². The molecule has 86 valence electrons. The van der Waals surface area contributed by atoms with Crippen molar-refractivity contribution in [3.63, 3.8) is 0 Å². The molecule has 1 aliphatic carbocycles. The number of fused-ring (bicyclic) bond motifs is 1. The Morgan fingerprint density at radius 3 is 2.82 bits per heavy atom. The van der Waals surface area contributed by atoms with Gasteiger partial charge in [0.2, 0.25) is 0 Å². The first-order valence-electron chi connectivity index (χ1n) is 5.68. The predicted molar refractivity (Wildman–Crippen MR) is 66.3 cm³/mol. The first-order valence-corrected chi connectivity index (χ1v) is 5.68. The van der Waals surface area contributed by atoms with Crippen LogP contribution in [0.1, 0.15) is 28.4 Å². The summed E-state index contributed by atoms with van der Waals surface area (Å²) in [6.07, 6.45) is 2.73. The quantitative estimate of drug-likeness (QED) is 0.806. The normalized spacial score (nSPS) is 17.4. The molecule has 0 aliphatic heterocycles. The summed E-state index contributed by atoms with van der Waals surface area (Å²) in [5.74, 6) is 1.60. The highest BCUT2D eigenvalue weighted by atomic mass is 15.0. The number of nitrogen functional groups attached to an aromatic ring is 1. The van der Waals surface area contributed by atoms with Crippen LogP contribution in [-0.2, 0) is 13.0 Å². The minimum Gasteiger partial charge on any atom is -0.383 e. The highest BCUT2D eigenvalue weighted by molar-refractivity contribution is 5.46. The van der Waals surface area contributed by atoms with E-state index < -0.39 is 0 Å². The van der Waals surface area contributed by atoms with Crippen LogP contribution in [0.25, 0.3) is 0 Å². The van der Waals surface area contributed by atoms with Crippen molar-refractivity contribution in [2.24, 2.45) is 5.73 Å². The first-order chi connectivity index (χ1) is 8.29. The van der Waals surface area contributed by atoms with Gasteiger partial charge >= 0.3 is 0 Å². The van der Waals surface area contributed by atoms with E-state index in [-0.39, 0.29) is 0 Å². The van der Waals surface area contributed by atoms with E-state index in [1.165, 1.54) is 11.1 Å². The molecule has 0 bridgehead atoms. The lowest BCUT2D eigenvalue weighted by molar-refractivity contribution is 0.659. The van der Waals surface area contributed by atoms with Gasteiger partial charge in [-0.1, -0.05) is 24.3 Å². The van der Waals surface area contributed by atoms with Gasteiger partial charge in [-0.25, -0.2) is 9.97 Å². The lowest BCUT2D eigenvalue weighted by Gasteiger charge is -2.28. The van der Waals surface area contributed by atoms with Gasteiger partial charge in [0.15, 0.2) is 0 Å². The number of nitrogens with two attached hydrogens (primary N) is 2. The average Bonchev–Trinajstić information content (AvgIpc) is 2.31. The Morgan fingerprint density at radius 1 is 1.29 bits per heavy atom. The zero-order valence-electron chi connectivity index (χ0n) is 9.43. The molecule has 17 heavy (non-hydrogen) atoms. The van der Waals surface area contributed by atoms with Crippen LogP contribution >= 0.6 is 0 Å². The second-order valence-electron chi connectivity index (χ2n) is 4.30. The molecule has 0 fully saturated rings. The van der Waals surface area contributed by atoms with Crippen LogP contribution in [0.4, 0.5) is 5.82 Å². The molecule has 0 amide bonds. The molecule has 4 heteroatoms. The van der Waals surface area contributed by atoms with Crippen molar-refractivity contribution in [1.82, 2.24) is 9.97 Å². The summed E-state index contributed by atoms with van der Waals surface area (Å²) in [6.45, 7) is 0.382. The standard InChI is InChI=1S/C13H14N4/c14-6-9-7-16-13(17-12(9)15)11-5-8-3-1-2-4-10(8)11/h1-4,7,11H,5-6,14H2,(H2,15,16,17). The Bertz CT molecular complexity index is 565. The fraction of sp³-hybridized carbons (Fsp3) is 0.231. The maximum atomic E-state index is 5.84. The molecule has 2 aromatic rings. The number of benzene rings is 1. The van der Waals surface area contributed by atoms with Crippen LogP contribution in [-0.4, -0.2) is 9.97 Å². The molecule has 1 aliphatic rings. The van der Waals surface area contributed by atoms with Gasteiger partial charge in [0.05, 0.1) is 0 Å². The summed E-state index contributed by atoms with van der Waals surface area (Å²) in [7, 11) is 0. The van der Waals surface area contributed by atoms with Gasteiger partial charge in [0.25, 0.3) is 0 Å². The Labute approximate surface area is 99.7 Å². The van der Waals surface area contributed by atoms with Gasteiger partial charge in [-0.05, 0) is 17.5 Å². The summed E-state index contributed by atoms with van der Waals surface area (Å²) >= 11 is 0. The van der Waals surface area contributed by atoms with Crippen LogP contribution in [0.15, 0.2) is 30.5 Å². The highest BCUT2D eigenvalue weighted by Gasteiger charge is 2.29. The zero-order chi connectivity index (χ0) is 11.8. The second-order valence-corrected chi connectivity index (χ2v) is 4.30. The fourth-order valence-electron chi connectivity index (χ4n) is 2.25. The minimum absolute atomic E-state index is 0.292. The molecule has 0 saturated heterocycles. The molecule has 3 rings (SSSR count). The number of hydrogen-bond acceptors (Lipinski definition) is 4. The topological polar surface area (TPSA) is 77.8 Å². The van der Waals surface area contributed by atoms with Crippen molar-refractivity contribution in [3.8, 4) is 0 Å². The van der Waals surface area contributed by atoms with Crippen molar-refractivity contribution in [1.29, 1.82) is 0 Å². The van der Waals surface area contributed by atoms with Gasteiger partial charge in [0.1, 0.15) is 11.6 Å². The third kappa shape index (κ3) is 1.57. The van der Waals surface area contributed by atoms with Gasteiger partial charge < -0.3 is 11.5 Å². The van der Waals surface area contributed by atoms with Crippen molar-refractivity contribution in [2.45, 2.75) is 18.9 Å². The molecule has 1 unspecified atom stereocenters. The van der Waals surface area contributed by atoms with E-state index in [0.29, 0.717) is 18.3 Å². The highest BCUT2D eigenvalue weighted by Crippen LogP contribution is 2.38. The second kappa shape index (κ2) is 3.82. The van der Waals surface area contributed by atoms with Crippen LogP contribution in [0.2, 0.25) is 0 Å². The minimum atomic E-state index is 0.292. The smallest absolute Gasteiger partial charge is 0.138 e. The van der Waals surface area contributed by atoms with Gasteiger partial charge in [-0.3, -0.25) is 0 Å². The zero-order valence-corrected chi connectivity index (χ0v) is 9.43. The lowest BCUT2D eigenvalue weighted by atomic mass is 9.77. The SMILES string of the molecule is NCc1cnc(C2Cc3ccccc32)nc1N. The Kier molecular flexibility index (Phi) is 2.30. The van der Waals surface area contributed by atoms with Crippen LogP contribution in [0, 0.1) is 0 Å². The predicted octanol–water partition coefficient (Wildman–Crippen LogP) is 1.21.